The minimum absolute atomic E-state index is 0.00290. The maximum absolute atomic E-state index is 13.1. The van der Waals surface area contributed by atoms with Gasteiger partial charge in [-0.25, -0.2) is 4.79 Å². The van der Waals surface area contributed by atoms with Crippen LogP contribution >= 0.6 is 0 Å². The summed E-state index contributed by atoms with van der Waals surface area (Å²) in [6, 6.07) is 0. The second kappa shape index (κ2) is 18.5. The van der Waals surface area contributed by atoms with Crippen LogP contribution in [0.15, 0.2) is 36.0 Å². The number of cyclic esters (lactones) is 1. The highest BCUT2D eigenvalue weighted by atomic mass is 16.6. The second-order valence-electron chi connectivity index (χ2n) is 14.1. The number of hydrogen-bond acceptors (Lipinski definition) is 10. The summed E-state index contributed by atoms with van der Waals surface area (Å²) in [6.07, 6.45) is 7.90. The summed E-state index contributed by atoms with van der Waals surface area (Å²) in [6.45, 7) is 15.8. The van der Waals surface area contributed by atoms with Crippen molar-refractivity contribution in [3.8, 4) is 0 Å². The molecule has 47 heavy (non-hydrogen) atoms. The Morgan fingerprint density at radius 3 is 2.62 bits per heavy atom. The molecule has 0 aromatic carbocycles. The van der Waals surface area contributed by atoms with Crippen LogP contribution < -0.4 is 0 Å². The van der Waals surface area contributed by atoms with Crippen molar-refractivity contribution in [1.29, 1.82) is 0 Å². The van der Waals surface area contributed by atoms with Crippen molar-refractivity contribution in [2.75, 3.05) is 46.4 Å². The smallest absolute Gasteiger partial charge is 0.410 e. The molecule has 0 saturated carbocycles. The molecule has 0 spiro atoms. The number of carbonyl (C=O) groups excluding carboxylic acids is 2. The SMILES string of the molecule is CCC(O)C(C)C1OC1CC(C)(O)/C=C/C=C(\C)C1OC(=O)CC(O)CCC(C)C(OC(=O)N(C)CCN2CCOCC2)/C=C/C1C. The van der Waals surface area contributed by atoms with Crippen molar-refractivity contribution in [3.63, 3.8) is 0 Å². The minimum Gasteiger partial charge on any atom is -0.457 e. The highest BCUT2D eigenvalue weighted by molar-refractivity contribution is 5.70. The zero-order chi connectivity index (χ0) is 34.7. The van der Waals surface area contributed by atoms with E-state index in [-0.39, 0.29) is 36.4 Å². The van der Waals surface area contributed by atoms with Crippen molar-refractivity contribution in [3.05, 3.63) is 36.0 Å². The molecule has 3 rings (SSSR count). The zero-order valence-electron chi connectivity index (χ0n) is 29.5. The summed E-state index contributed by atoms with van der Waals surface area (Å²) in [4.78, 5) is 29.8. The van der Waals surface area contributed by atoms with Crippen LogP contribution in [0.5, 0.6) is 0 Å². The molecule has 2 fully saturated rings. The monoisotopic (exact) mass is 664 g/mol. The maximum atomic E-state index is 13.1. The number of amides is 1. The van der Waals surface area contributed by atoms with E-state index in [0.717, 1.165) is 25.2 Å². The first-order chi connectivity index (χ1) is 22.2. The van der Waals surface area contributed by atoms with E-state index in [4.69, 9.17) is 18.9 Å². The summed E-state index contributed by atoms with van der Waals surface area (Å²) < 4.78 is 23.0. The number of aliphatic hydroxyl groups is 3. The van der Waals surface area contributed by atoms with Crippen LogP contribution in [0.1, 0.15) is 73.6 Å². The van der Waals surface area contributed by atoms with Gasteiger partial charge in [-0.15, -0.1) is 0 Å². The third-order valence-corrected chi connectivity index (χ3v) is 9.71. The van der Waals surface area contributed by atoms with Gasteiger partial charge < -0.3 is 39.2 Å². The molecule has 10 unspecified atom stereocenters. The van der Waals surface area contributed by atoms with E-state index in [1.165, 1.54) is 0 Å². The van der Waals surface area contributed by atoms with Gasteiger partial charge in [-0.05, 0) is 50.7 Å². The third kappa shape index (κ3) is 12.9. The van der Waals surface area contributed by atoms with E-state index in [2.05, 4.69) is 4.90 Å². The number of epoxide rings is 1. The van der Waals surface area contributed by atoms with E-state index in [9.17, 15) is 24.9 Å². The maximum Gasteiger partial charge on any atom is 0.410 e. The van der Waals surface area contributed by atoms with Crippen LogP contribution in [0.2, 0.25) is 0 Å². The molecule has 3 aliphatic heterocycles. The Kier molecular flexibility index (Phi) is 15.4. The molecule has 268 valence electrons. The standard InChI is InChI=1S/C36H60N2O9/c1-8-29(40)27(5)34-31(45-34)23-36(6,43)15-9-10-25(3)33-26(4)12-14-30(24(2)11-13-28(39)22-32(41)47-33)46-35(42)37(7)16-17-38-18-20-44-21-19-38/h9-10,12,14-15,24,26-31,33-34,39-40,43H,8,11,13,16-23H2,1-7H3/b14-12+,15-9+,25-10+. The Hall–Kier alpha value is -2.28. The topological polar surface area (TPSA) is 142 Å². The van der Waals surface area contributed by atoms with Gasteiger partial charge in [0.05, 0.1) is 49.7 Å². The molecule has 3 N–H and O–H groups in total. The number of aliphatic hydroxyl groups excluding tert-OH is 2. The summed E-state index contributed by atoms with van der Waals surface area (Å²) in [5.41, 5.74) is -0.368. The van der Waals surface area contributed by atoms with Crippen molar-refractivity contribution >= 4 is 12.1 Å². The summed E-state index contributed by atoms with van der Waals surface area (Å²) in [5, 5.41) is 31.7. The molecule has 3 heterocycles. The first-order valence-electron chi connectivity index (χ1n) is 17.4. The van der Waals surface area contributed by atoms with Gasteiger partial charge in [0.1, 0.15) is 12.2 Å². The lowest BCUT2D eigenvalue weighted by Gasteiger charge is -2.30. The van der Waals surface area contributed by atoms with Gasteiger partial charge in [0.25, 0.3) is 0 Å². The molecule has 0 aromatic rings. The summed E-state index contributed by atoms with van der Waals surface area (Å²) in [5.74, 6) is -0.822. The Morgan fingerprint density at radius 2 is 1.94 bits per heavy atom. The van der Waals surface area contributed by atoms with E-state index < -0.39 is 42.1 Å². The van der Waals surface area contributed by atoms with Gasteiger partial charge in [0.2, 0.25) is 0 Å². The fourth-order valence-electron chi connectivity index (χ4n) is 6.21. The molecule has 3 aliphatic rings. The molecule has 0 bridgehead atoms. The number of carbonyl (C=O) groups is 2. The summed E-state index contributed by atoms with van der Waals surface area (Å²) >= 11 is 0. The van der Waals surface area contributed by atoms with Crippen LogP contribution in [0.25, 0.3) is 0 Å². The van der Waals surface area contributed by atoms with E-state index in [1.807, 2.05) is 52.8 Å². The van der Waals surface area contributed by atoms with Crippen LogP contribution in [0, 0.1) is 17.8 Å². The molecule has 10 atom stereocenters. The number of ether oxygens (including phenoxy) is 4. The van der Waals surface area contributed by atoms with Crippen molar-refractivity contribution in [2.24, 2.45) is 17.8 Å². The number of hydrogen-bond donors (Lipinski definition) is 3. The van der Waals surface area contributed by atoms with Gasteiger partial charge in [0.15, 0.2) is 0 Å². The lowest BCUT2D eigenvalue weighted by molar-refractivity contribution is -0.151. The van der Waals surface area contributed by atoms with Crippen LogP contribution in [-0.2, 0) is 23.7 Å². The molecular weight excluding hydrogens is 604 g/mol. The summed E-state index contributed by atoms with van der Waals surface area (Å²) in [7, 11) is 1.74. The molecule has 11 heteroatoms. The van der Waals surface area contributed by atoms with E-state index in [1.54, 1.807) is 31.0 Å². The quantitative estimate of drug-likeness (QED) is 0.122. The first kappa shape index (κ1) is 39.2. The highest BCUT2D eigenvalue weighted by Gasteiger charge is 2.47. The number of nitrogens with zero attached hydrogens (tertiary/aromatic N) is 2. The van der Waals surface area contributed by atoms with Crippen molar-refractivity contribution in [1.82, 2.24) is 9.80 Å². The van der Waals surface area contributed by atoms with Crippen LogP contribution in [0.4, 0.5) is 4.79 Å². The highest BCUT2D eigenvalue weighted by Crippen LogP contribution is 2.37. The van der Waals surface area contributed by atoms with Crippen LogP contribution in [0.3, 0.4) is 0 Å². The second-order valence-corrected chi connectivity index (χ2v) is 14.1. The Balaban J connectivity index is 1.67. The van der Waals surface area contributed by atoms with Gasteiger partial charge in [-0.1, -0.05) is 52.0 Å². The largest absolute Gasteiger partial charge is 0.457 e. The zero-order valence-corrected chi connectivity index (χ0v) is 29.5. The first-order valence-corrected chi connectivity index (χ1v) is 17.4. The van der Waals surface area contributed by atoms with E-state index in [0.29, 0.717) is 45.4 Å². The van der Waals surface area contributed by atoms with Gasteiger partial charge >= 0.3 is 12.1 Å². The number of esters is 1. The Morgan fingerprint density at radius 1 is 1.23 bits per heavy atom. The molecule has 0 aliphatic carbocycles. The molecular formula is C36H60N2O9. The lowest BCUT2D eigenvalue weighted by Crippen LogP contribution is -2.42. The number of allylic oxidation sites excluding steroid dienone is 2. The molecule has 0 aromatic heterocycles. The van der Waals surface area contributed by atoms with Gasteiger partial charge in [-0.2, -0.15) is 0 Å². The Bertz CT molecular complexity index is 1090. The van der Waals surface area contributed by atoms with Gasteiger partial charge in [-0.3, -0.25) is 9.69 Å². The molecule has 11 nitrogen and oxygen atoms in total. The van der Waals surface area contributed by atoms with Crippen molar-refractivity contribution in [2.45, 2.75) is 116 Å². The average Bonchev–Trinajstić information content (AvgIpc) is 3.79. The number of likely N-dealkylation sites (N-methyl/N-ethyl adjacent to an activating group) is 1. The molecule has 1 amide bonds. The number of morpholine rings is 1. The molecule has 0 radical (unpaired) electrons. The predicted octanol–water partition coefficient (Wildman–Crippen LogP) is 3.86. The van der Waals surface area contributed by atoms with E-state index >= 15 is 0 Å². The minimum atomic E-state index is -1.13. The average molecular weight is 665 g/mol. The fraction of sp³-hybridized carbons (Fsp3) is 0.778. The number of rotatable bonds is 12. The normalized spacial score (nSPS) is 33.1. The predicted molar refractivity (Wildman–Crippen MR) is 180 cm³/mol. The van der Waals surface area contributed by atoms with Crippen LogP contribution in [-0.4, -0.2) is 126 Å². The Labute approximate surface area is 281 Å². The third-order valence-electron chi connectivity index (χ3n) is 9.71. The van der Waals surface area contributed by atoms with Crippen molar-refractivity contribution < 1.29 is 43.9 Å². The fourth-order valence-corrected chi connectivity index (χ4v) is 6.21. The lowest BCUT2D eigenvalue weighted by atomic mass is 9.91. The molecule has 2 saturated heterocycles. The van der Waals surface area contributed by atoms with Gasteiger partial charge in [0, 0.05) is 51.5 Å².